The molecule has 0 aromatic heterocycles. The first kappa shape index (κ1) is 18.1. The quantitative estimate of drug-likeness (QED) is 0.530. The van der Waals surface area contributed by atoms with E-state index >= 15 is 0 Å². The molecule has 1 aliphatic carbocycles. The van der Waals surface area contributed by atoms with Crippen molar-refractivity contribution < 1.29 is 39.5 Å². The zero-order chi connectivity index (χ0) is 13.7. The van der Waals surface area contributed by atoms with Crippen LogP contribution in [-0.2, 0) is 11.3 Å². The molecule has 0 aliphatic heterocycles. The van der Waals surface area contributed by atoms with Gasteiger partial charge in [0.05, 0.1) is 0 Å². The Morgan fingerprint density at radius 2 is 2.25 bits per heavy atom. The molecule has 0 amide bonds. The summed E-state index contributed by atoms with van der Waals surface area (Å²) in [4.78, 5) is 12.1. The number of hydrogen-bond acceptors (Lipinski definition) is 4. The van der Waals surface area contributed by atoms with E-state index in [4.69, 9.17) is 0 Å². The minimum atomic E-state index is -0.898. The van der Waals surface area contributed by atoms with Gasteiger partial charge in [-0.2, -0.15) is 0 Å². The minimum Gasteiger partial charge on any atom is -0.550 e. The van der Waals surface area contributed by atoms with Crippen LogP contribution in [-0.4, -0.2) is 17.8 Å². The van der Waals surface area contributed by atoms with Crippen LogP contribution in [0.15, 0.2) is 29.2 Å². The van der Waals surface area contributed by atoms with Crippen LogP contribution in [0.4, 0.5) is 0 Å². The van der Waals surface area contributed by atoms with E-state index in [2.05, 4.69) is 36.5 Å². The number of aliphatic carboxylic acids is 1. The van der Waals surface area contributed by atoms with Gasteiger partial charge in [-0.15, -0.1) is 11.8 Å². The van der Waals surface area contributed by atoms with E-state index in [0.29, 0.717) is 12.5 Å². The molecule has 2 rings (SSSR count). The first-order valence-corrected chi connectivity index (χ1v) is 7.83. The van der Waals surface area contributed by atoms with Crippen molar-refractivity contribution in [3.63, 3.8) is 0 Å². The van der Waals surface area contributed by atoms with Gasteiger partial charge in [0.1, 0.15) is 0 Å². The summed E-state index contributed by atoms with van der Waals surface area (Å²) in [5.74, 6) is -0.0857. The van der Waals surface area contributed by atoms with Gasteiger partial charge in [-0.3, -0.25) is 0 Å². The van der Waals surface area contributed by atoms with E-state index in [9.17, 15) is 9.90 Å². The molecule has 104 valence electrons. The average molecular weight is 301 g/mol. The van der Waals surface area contributed by atoms with Gasteiger partial charge in [0.25, 0.3) is 0 Å². The molecule has 0 bridgehead atoms. The van der Waals surface area contributed by atoms with Gasteiger partial charge in [0, 0.05) is 29.4 Å². The molecule has 1 aromatic rings. The number of carbonyl (C=O) groups is 1. The molecular formula is C15H20NNaO2S. The van der Waals surface area contributed by atoms with Crippen molar-refractivity contribution in [2.45, 2.75) is 43.7 Å². The first-order valence-electron chi connectivity index (χ1n) is 6.85. The van der Waals surface area contributed by atoms with Gasteiger partial charge in [0.2, 0.25) is 0 Å². The molecule has 0 heterocycles. The molecular weight excluding hydrogens is 281 g/mol. The Labute approximate surface area is 147 Å². The van der Waals surface area contributed by atoms with E-state index < -0.39 is 5.97 Å². The summed E-state index contributed by atoms with van der Waals surface area (Å²) in [6.45, 7) is 2.96. The van der Waals surface area contributed by atoms with Crippen molar-refractivity contribution in [3.8, 4) is 0 Å². The molecule has 0 saturated heterocycles. The Morgan fingerprint density at radius 3 is 2.90 bits per heavy atom. The van der Waals surface area contributed by atoms with Crippen LogP contribution in [0.1, 0.15) is 31.7 Å². The normalized spacial score (nSPS) is 21.4. The Hall–Kier alpha value is 0. The van der Waals surface area contributed by atoms with Crippen LogP contribution >= 0.6 is 11.8 Å². The van der Waals surface area contributed by atoms with Crippen LogP contribution in [0, 0.1) is 5.92 Å². The topological polar surface area (TPSA) is 52.2 Å². The van der Waals surface area contributed by atoms with Gasteiger partial charge in [-0.25, -0.2) is 0 Å². The first-order chi connectivity index (χ1) is 9.19. The van der Waals surface area contributed by atoms with Crippen molar-refractivity contribution in [1.29, 1.82) is 0 Å². The van der Waals surface area contributed by atoms with E-state index in [0.717, 1.165) is 25.1 Å². The number of nitrogens with one attached hydrogen (secondary N) is 1. The van der Waals surface area contributed by atoms with E-state index in [1.54, 1.807) is 0 Å². The standard InChI is InChI=1S/C15H21NO2S.Na/c1-2-19-14-5-3-4-11(8-14)10-16-13-7-6-12(9-13)15(17)18;/h3-5,8,12-13,16H,2,6-7,9-10H2,1H3,(H,17,18);/q;+1/p-1/t12-,13+;/m0./s1. The zero-order valence-electron chi connectivity index (χ0n) is 12.2. The molecule has 1 N–H and O–H groups in total. The number of benzene rings is 1. The number of carbonyl (C=O) groups excluding carboxylic acids is 1. The smallest absolute Gasteiger partial charge is 0.550 e. The monoisotopic (exact) mass is 301 g/mol. The predicted molar refractivity (Wildman–Crippen MR) is 75.8 cm³/mol. The molecule has 1 fully saturated rings. The molecule has 0 unspecified atom stereocenters. The maximum atomic E-state index is 10.8. The van der Waals surface area contributed by atoms with Crippen molar-refractivity contribution in [2.75, 3.05) is 5.75 Å². The number of thioether (sulfide) groups is 1. The summed E-state index contributed by atoms with van der Waals surface area (Å²) in [6, 6.07) is 8.82. The van der Waals surface area contributed by atoms with Gasteiger partial charge in [-0.05, 0) is 42.7 Å². The summed E-state index contributed by atoms with van der Waals surface area (Å²) in [7, 11) is 0. The maximum absolute atomic E-state index is 10.8. The summed E-state index contributed by atoms with van der Waals surface area (Å²) in [6.07, 6.45) is 2.37. The third kappa shape index (κ3) is 5.41. The van der Waals surface area contributed by atoms with Crippen LogP contribution in [0.2, 0.25) is 0 Å². The van der Waals surface area contributed by atoms with Crippen LogP contribution in [0.25, 0.3) is 0 Å². The molecule has 2 atom stereocenters. The molecule has 1 aliphatic rings. The fraction of sp³-hybridized carbons (Fsp3) is 0.533. The van der Waals surface area contributed by atoms with Gasteiger partial charge in [0.15, 0.2) is 0 Å². The summed E-state index contributed by atoms with van der Waals surface area (Å²) in [5, 5.41) is 14.2. The summed E-state index contributed by atoms with van der Waals surface area (Å²) >= 11 is 1.84. The van der Waals surface area contributed by atoms with Crippen LogP contribution < -0.4 is 40.0 Å². The third-order valence-corrected chi connectivity index (χ3v) is 4.45. The van der Waals surface area contributed by atoms with E-state index in [1.165, 1.54) is 10.5 Å². The minimum absolute atomic E-state index is 0. The SMILES string of the molecule is CCSc1cccc(CN[C@@H]2CC[C@H](C(=O)[O-])C2)c1.[Na+]. The second-order valence-corrected chi connectivity index (χ2v) is 6.32. The second kappa shape index (κ2) is 9.11. The van der Waals surface area contributed by atoms with E-state index in [1.807, 2.05) is 11.8 Å². The Morgan fingerprint density at radius 1 is 1.45 bits per heavy atom. The Kier molecular flexibility index (Phi) is 8.22. The van der Waals surface area contributed by atoms with Crippen molar-refractivity contribution in [3.05, 3.63) is 29.8 Å². The fourth-order valence-corrected chi connectivity index (χ4v) is 3.30. The number of carboxylic acids is 1. The second-order valence-electron chi connectivity index (χ2n) is 4.99. The zero-order valence-corrected chi connectivity index (χ0v) is 15.0. The van der Waals surface area contributed by atoms with Crippen molar-refractivity contribution in [1.82, 2.24) is 5.32 Å². The molecule has 0 spiro atoms. The molecule has 0 radical (unpaired) electrons. The number of hydrogen-bond donors (Lipinski definition) is 1. The molecule has 1 aromatic carbocycles. The maximum Gasteiger partial charge on any atom is 1.00 e. The fourth-order valence-electron chi connectivity index (χ4n) is 2.56. The van der Waals surface area contributed by atoms with Gasteiger partial charge < -0.3 is 15.2 Å². The summed E-state index contributed by atoms with van der Waals surface area (Å²) < 4.78 is 0. The number of rotatable bonds is 6. The van der Waals surface area contributed by atoms with Gasteiger partial charge >= 0.3 is 29.6 Å². The van der Waals surface area contributed by atoms with Crippen molar-refractivity contribution >= 4 is 17.7 Å². The molecule has 20 heavy (non-hydrogen) atoms. The molecule has 1 saturated carbocycles. The Bertz CT molecular complexity index is 442. The molecule has 5 heteroatoms. The largest absolute Gasteiger partial charge is 1.00 e. The predicted octanol–water partition coefficient (Wildman–Crippen LogP) is -1.19. The van der Waals surface area contributed by atoms with Crippen molar-refractivity contribution in [2.24, 2.45) is 5.92 Å². The average Bonchev–Trinajstić information content (AvgIpc) is 2.86. The van der Waals surface area contributed by atoms with E-state index in [-0.39, 0.29) is 35.5 Å². The van der Waals surface area contributed by atoms with Crippen LogP contribution in [0.3, 0.4) is 0 Å². The summed E-state index contributed by atoms with van der Waals surface area (Å²) in [5.41, 5.74) is 1.26. The third-order valence-electron chi connectivity index (χ3n) is 3.57. The van der Waals surface area contributed by atoms with Crippen LogP contribution in [0.5, 0.6) is 0 Å². The number of carboxylic acid groups (broad SMARTS) is 1. The Balaban J connectivity index is 0.00000200. The molecule has 3 nitrogen and oxygen atoms in total. The van der Waals surface area contributed by atoms with Gasteiger partial charge in [-0.1, -0.05) is 19.1 Å².